The lowest BCUT2D eigenvalue weighted by atomic mass is 10.3. The number of ether oxygens (including phenoxy) is 1. The van der Waals surface area contributed by atoms with Gasteiger partial charge >= 0.3 is 5.97 Å². The van der Waals surface area contributed by atoms with Crippen LogP contribution in [-0.2, 0) is 14.3 Å². The van der Waals surface area contributed by atoms with Crippen LogP contribution in [0.4, 0.5) is 5.69 Å². The lowest BCUT2D eigenvalue weighted by Crippen LogP contribution is -2.37. The van der Waals surface area contributed by atoms with Crippen LogP contribution in [0.3, 0.4) is 0 Å². The fourth-order valence-corrected chi connectivity index (χ4v) is 2.80. The maximum absolute atomic E-state index is 12.1. The second kappa shape index (κ2) is 9.94. The molecule has 0 saturated carbocycles. The van der Waals surface area contributed by atoms with E-state index in [0.717, 1.165) is 4.90 Å². The second-order valence-electron chi connectivity index (χ2n) is 5.41. The highest BCUT2D eigenvalue weighted by Gasteiger charge is 2.18. The fraction of sp³-hybridized carbons (Fsp3) is 0.222. The Balaban J connectivity index is 1.85. The third-order valence-electron chi connectivity index (χ3n) is 3.47. The largest absolute Gasteiger partial charge is 0.452 e. The van der Waals surface area contributed by atoms with E-state index in [9.17, 15) is 14.4 Å². The number of thioether (sulfide) groups is 1. The van der Waals surface area contributed by atoms with Crippen molar-refractivity contribution in [3.63, 3.8) is 0 Å². The van der Waals surface area contributed by atoms with E-state index in [-0.39, 0.29) is 12.1 Å². The number of benzene rings is 1. The number of carbonyl (C=O) groups excluding carboxylic acids is 3. The third kappa shape index (κ3) is 5.97. The van der Waals surface area contributed by atoms with Gasteiger partial charge in [0.1, 0.15) is 5.03 Å². The SMILES string of the molecule is CSc1ncccc1C(=O)OCC(=O)N(C)CC(=O)Nc1ccccc1Cl. The van der Waals surface area contributed by atoms with Gasteiger partial charge < -0.3 is 15.0 Å². The summed E-state index contributed by atoms with van der Waals surface area (Å²) in [7, 11) is 1.44. The quantitative estimate of drug-likeness (QED) is 0.560. The van der Waals surface area contributed by atoms with Crippen LogP contribution in [0, 0.1) is 0 Å². The van der Waals surface area contributed by atoms with Crippen molar-refractivity contribution in [2.45, 2.75) is 5.03 Å². The summed E-state index contributed by atoms with van der Waals surface area (Å²) in [4.78, 5) is 41.5. The normalized spacial score (nSPS) is 10.2. The lowest BCUT2D eigenvalue weighted by Gasteiger charge is -2.17. The van der Waals surface area contributed by atoms with Gasteiger partial charge in [0, 0.05) is 13.2 Å². The van der Waals surface area contributed by atoms with Crippen LogP contribution in [0.25, 0.3) is 0 Å². The lowest BCUT2D eigenvalue weighted by molar-refractivity contribution is -0.136. The molecule has 2 aromatic rings. The number of aromatic nitrogens is 1. The van der Waals surface area contributed by atoms with Crippen LogP contribution in [0.1, 0.15) is 10.4 Å². The van der Waals surface area contributed by atoms with Crippen molar-refractivity contribution in [2.75, 3.05) is 31.8 Å². The molecule has 0 spiro atoms. The molecule has 1 heterocycles. The van der Waals surface area contributed by atoms with Crippen LogP contribution in [0.15, 0.2) is 47.6 Å². The van der Waals surface area contributed by atoms with Crippen molar-refractivity contribution in [2.24, 2.45) is 0 Å². The van der Waals surface area contributed by atoms with Gasteiger partial charge in [0.2, 0.25) is 5.91 Å². The molecular formula is C18H18ClN3O4S. The van der Waals surface area contributed by atoms with Crippen LogP contribution < -0.4 is 5.32 Å². The highest BCUT2D eigenvalue weighted by Crippen LogP contribution is 2.20. The Hall–Kier alpha value is -2.58. The van der Waals surface area contributed by atoms with E-state index in [1.807, 2.05) is 0 Å². The molecule has 2 amide bonds. The van der Waals surface area contributed by atoms with Gasteiger partial charge in [0.05, 0.1) is 22.8 Å². The van der Waals surface area contributed by atoms with E-state index in [1.54, 1.807) is 48.9 Å². The summed E-state index contributed by atoms with van der Waals surface area (Å²) in [6.07, 6.45) is 3.36. The van der Waals surface area contributed by atoms with Crippen LogP contribution in [-0.4, -0.2) is 54.1 Å². The van der Waals surface area contributed by atoms with Gasteiger partial charge in [0.15, 0.2) is 6.61 Å². The van der Waals surface area contributed by atoms with E-state index in [2.05, 4.69) is 10.3 Å². The minimum absolute atomic E-state index is 0.204. The smallest absolute Gasteiger partial charge is 0.341 e. The Morgan fingerprint density at radius 2 is 1.96 bits per heavy atom. The standard InChI is InChI=1S/C18H18ClN3O4S/c1-22(10-15(23)21-14-8-4-3-7-13(14)19)16(24)11-26-18(25)12-6-5-9-20-17(12)27-2/h3-9H,10-11H2,1-2H3,(H,21,23). The minimum Gasteiger partial charge on any atom is -0.452 e. The zero-order chi connectivity index (χ0) is 19.8. The molecule has 0 bridgehead atoms. The first-order valence-electron chi connectivity index (χ1n) is 7.87. The number of anilines is 1. The molecule has 7 nitrogen and oxygen atoms in total. The highest BCUT2D eigenvalue weighted by atomic mass is 35.5. The maximum atomic E-state index is 12.1. The summed E-state index contributed by atoms with van der Waals surface area (Å²) in [6.45, 7) is -0.679. The van der Waals surface area contributed by atoms with Gasteiger partial charge in [-0.25, -0.2) is 9.78 Å². The molecule has 0 unspecified atom stereocenters. The minimum atomic E-state index is -0.644. The Bertz CT molecular complexity index is 847. The van der Waals surface area contributed by atoms with E-state index in [4.69, 9.17) is 16.3 Å². The summed E-state index contributed by atoms with van der Waals surface area (Å²) in [6, 6.07) is 9.97. The van der Waals surface area contributed by atoms with Crippen molar-refractivity contribution in [3.05, 3.63) is 53.2 Å². The van der Waals surface area contributed by atoms with Crippen molar-refractivity contribution in [1.82, 2.24) is 9.88 Å². The topological polar surface area (TPSA) is 88.6 Å². The predicted molar refractivity (Wildman–Crippen MR) is 104 cm³/mol. The molecule has 0 aliphatic rings. The Kier molecular flexibility index (Phi) is 7.63. The molecule has 1 aromatic heterocycles. The molecule has 0 aliphatic heterocycles. The number of rotatable bonds is 7. The van der Waals surface area contributed by atoms with Gasteiger partial charge in [-0.3, -0.25) is 9.59 Å². The molecule has 0 saturated heterocycles. The number of likely N-dealkylation sites (N-methyl/N-ethyl adjacent to an activating group) is 1. The molecule has 0 atom stereocenters. The van der Waals surface area contributed by atoms with E-state index in [0.29, 0.717) is 15.7 Å². The fourth-order valence-electron chi connectivity index (χ4n) is 2.08. The van der Waals surface area contributed by atoms with E-state index in [1.165, 1.54) is 18.8 Å². The summed E-state index contributed by atoms with van der Waals surface area (Å²) >= 11 is 7.28. The number of hydrogen-bond donors (Lipinski definition) is 1. The molecule has 1 aromatic carbocycles. The number of amides is 2. The van der Waals surface area contributed by atoms with Gasteiger partial charge in [-0.1, -0.05) is 23.7 Å². The van der Waals surface area contributed by atoms with Gasteiger partial charge in [-0.05, 0) is 30.5 Å². The number of pyridine rings is 1. The van der Waals surface area contributed by atoms with Crippen molar-refractivity contribution < 1.29 is 19.1 Å². The van der Waals surface area contributed by atoms with Crippen LogP contribution in [0.2, 0.25) is 5.02 Å². The first-order chi connectivity index (χ1) is 12.9. The number of nitrogens with zero attached hydrogens (tertiary/aromatic N) is 2. The highest BCUT2D eigenvalue weighted by molar-refractivity contribution is 7.98. The summed E-state index contributed by atoms with van der Waals surface area (Å²) in [5.41, 5.74) is 0.745. The Morgan fingerprint density at radius 3 is 2.67 bits per heavy atom. The van der Waals surface area contributed by atoms with Gasteiger partial charge in [-0.2, -0.15) is 0 Å². The number of para-hydroxylation sites is 1. The van der Waals surface area contributed by atoms with Crippen molar-refractivity contribution >= 4 is 46.8 Å². The molecule has 1 N–H and O–H groups in total. The molecule has 27 heavy (non-hydrogen) atoms. The number of hydrogen-bond acceptors (Lipinski definition) is 6. The van der Waals surface area contributed by atoms with E-state index < -0.39 is 24.4 Å². The molecule has 2 rings (SSSR count). The average molecular weight is 408 g/mol. The molecule has 0 radical (unpaired) electrons. The molecule has 0 fully saturated rings. The molecular weight excluding hydrogens is 390 g/mol. The average Bonchev–Trinajstić information content (AvgIpc) is 2.67. The Morgan fingerprint density at radius 1 is 1.22 bits per heavy atom. The van der Waals surface area contributed by atoms with Gasteiger partial charge in [0.25, 0.3) is 5.91 Å². The molecule has 142 valence electrons. The van der Waals surface area contributed by atoms with Gasteiger partial charge in [-0.15, -0.1) is 11.8 Å². The van der Waals surface area contributed by atoms with Crippen molar-refractivity contribution in [3.8, 4) is 0 Å². The summed E-state index contributed by atoms with van der Waals surface area (Å²) < 4.78 is 5.04. The number of nitrogens with one attached hydrogen (secondary N) is 1. The second-order valence-corrected chi connectivity index (χ2v) is 6.62. The van der Waals surface area contributed by atoms with Crippen LogP contribution in [0.5, 0.6) is 0 Å². The number of esters is 1. The number of carbonyl (C=O) groups is 3. The summed E-state index contributed by atoms with van der Waals surface area (Å²) in [5, 5.41) is 3.53. The Labute approximate surface area is 166 Å². The predicted octanol–water partition coefficient (Wildman–Crippen LogP) is 2.71. The van der Waals surface area contributed by atoms with E-state index >= 15 is 0 Å². The monoisotopic (exact) mass is 407 g/mol. The van der Waals surface area contributed by atoms with Crippen LogP contribution >= 0.6 is 23.4 Å². The zero-order valence-corrected chi connectivity index (χ0v) is 16.3. The third-order valence-corrected chi connectivity index (χ3v) is 4.51. The van der Waals surface area contributed by atoms with Crippen molar-refractivity contribution in [1.29, 1.82) is 0 Å². The first-order valence-corrected chi connectivity index (χ1v) is 9.47. The number of halogens is 1. The summed E-state index contributed by atoms with van der Waals surface area (Å²) in [5.74, 6) is -1.57. The molecule has 9 heteroatoms. The maximum Gasteiger partial charge on any atom is 0.341 e. The first kappa shape index (κ1) is 20.7. The molecule has 0 aliphatic carbocycles. The zero-order valence-electron chi connectivity index (χ0n) is 14.8.